The van der Waals surface area contributed by atoms with Crippen LogP contribution in [-0.2, 0) is 29.5 Å². The van der Waals surface area contributed by atoms with Crippen molar-refractivity contribution in [3.05, 3.63) is 23.2 Å². The van der Waals surface area contributed by atoms with E-state index in [1.54, 1.807) is 0 Å². The average molecular weight is 442 g/mol. The number of hydrogen-bond donors (Lipinski definition) is 4. The Kier molecular flexibility index (Phi) is 7.69. The fraction of sp³-hybridized carbons (Fsp3) is 0.250. The molecule has 2 heterocycles. The number of oxime groups is 1. The van der Waals surface area contributed by atoms with Gasteiger partial charge >= 0.3 is 39.9 Å². The van der Waals surface area contributed by atoms with Crippen molar-refractivity contribution in [1.82, 2.24) is 14.6 Å². The molecule has 0 unspecified atom stereocenters. The van der Waals surface area contributed by atoms with E-state index in [1.807, 2.05) is 0 Å². The van der Waals surface area contributed by atoms with Crippen molar-refractivity contribution in [3.8, 4) is 0 Å². The first-order chi connectivity index (χ1) is 12.5. The van der Waals surface area contributed by atoms with Crippen molar-refractivity contribution in [2.75, 3.05) is 12.8 Å². The molecule has 1 aliphatic rings. The fourth-order valence-electron chi connectivity index (χ4n) is 2.25. The summed E-state index contributed by atoms with van der Waals surface area (Å²) in [6.45, 7) is 3.30. The van der Waals surface area contributed by atoms with Crippen molar-refractivity contribution >= 4 is 79.8 Å². The van der Waals surface area contributed by atoms with Gasteiger partial charge in [-0.05, 0) is 0 Å². The Hall–Kier alpha value is -2.04. The van der Waals surface area contributed by atoms with Crippen molar-refractivity contribution in [2.24, 2.45) is 10.9 Å². The number of β-lactam (4-membered cyclic amide) rings is 1. The predicted octanol–water partition coefficient (Wildman–Crippen LogP) is -3.03. The molecule has 0 spiro atoms. The molecule has 13 nitrogen and oxygen atoms in total. The molecule has 1 saturated heterocycles. The Morgan fingerprint density at radius 3 is 2.54 bits per heavy atom. The molecule has 148 valence electrons. The zero-order valence-electron chi connectivity index (χ0n) is 13.6. The van der Waals surface area contributed by atoms with Gasteiger partial charge in [-0.15, -0.1) is 11.3 Å². The molecule has 2 rings (SSSR count). The van der Waals surface area contributed by atoms with E-state index < -0.39 is 45.7 Å². The Labute approximate surface area is 184 Å². The van der Waals surface area contributed by atoms with Crippen LogP contribution in [0, 0.1) is 0 Å². The summed E-state index contributed by atoms with van der Waals surface area (Å²) in [6, 6.07) is -3.14. The first-order valence-electron chi connectivity index (χ1n) is 6.91. The third-order valence-corrected chi connectivity index (χ3v) is 5.00. The van der Waals surface area contributed by atoms with Crippen LogP contribution in [0.5, 0.6) is 0 Å². The summed E-state index contributed by atoms with van der Waals surface area (Å²) >= 11 is 1.02. The molecule has 0 radical (unpaired) electrons. The number of nitrogens with two attached hydrogens (primary N) is 2. The van der Waals surface area contributed by atoms with Crippen LogP contribution in [0.2, 0.25) is 0 Å². The van der Waals surface area contributed by atoms with Crippen molar-refractivity contribution in [2.45, 2.75) is 12.1 Å². The van der Waals surface area contributed by atoms with Crippen molar-refractivity contribution in [1.29, 1.82) is 0 Å². The molecule has 1 fully saturated rings. The van der Waals surface area contributed by atoms with Gasteiger partial charge in [0.25, 0.3) is 11.8 Å². The Balaban J connectivity index is 0.00000392. The Morgan fingerprint density at radius 1 is 1.50 bits per heavy atom. The molecule has 16 heteroatoms. The zero-order valence-corrected chi connectivity index (χ0v) is 15.3. The fourth-order valence-corrected chi connectivity index (χ4v) is 3.68. The summed E-state index contributed by atoms with van der Waals surface area (Å²) in [6.07, 6.45) is 0. The molecular formula is C12H15N6NaO7S2. The zero-order chi connectivity index (χ0) is 20.5. The minimum atomic E-state index is -5.01. The molecule has 28 heavy (non-hydrogen) atoms. The summed E-state index contributed by atoms with van der Waals surface area (Å²) in [5.74, 6) is -3.30. The van der Waals surface area contributed by atoms with E-state index in [1.165, 1.54) is 5.38 Å². The van der Waals surface area contributed by atoms with Crippen LogP contribution in [-0.4, -0.2) is 94.4 Å². The number of amides is 3. The number of nitrogens with zero attached hydrogens (tertiary/aromatic N) is 3. The Morgan fingerprint density at radius 2 is 2.11 bits per heavy atom. The summed E-state index contributed by atoms with van der Waals surface area (Å²) < 4.78 is 31.8. The molecule has 0 bridgehead atoms. The van der Waals surface area contributed by atoms with Gasteiger partial charge in [0.15, 0.2) is 10.8 Å². The molecule has 3 amide bonds. The van der Waals surface area contributed by atoms with Crippen LogP contribution in [0.3, 0.4) is 0 Å². The van der Waals surface area contributed by atoms with Crippen LogP contribution in [0.25, 0.3) is 0 Å². The number of carbonyl (C=O) groups is 3. The second kappa shape index (κ2) is 8.97. The van der Waals surface area contributed by atoms with E-state index >= 15 is 0 Å². The monoisotopic (exact) mass is 442 g/mol. The van der Waals surface area contributed by atoms with E-state index in [-0.39, 0.29) is 50.4 Å². The molecular weight excluding hydrogens is 427 g/mol. The number of nitrogens with one attached hydrogen (secondary N) is 1. The Bertz CT molecular complexity index is 959. The number of thiazole rings is 1. The van der Waals surface area contributed by atoms with Gasteiger partial charge < -0.3 is 21.6 Å². The van der Waals surface area contributed by atoms with E-state index in [9.17, 15) is 22.8 Å². The van der Waals surface area contributed by atoms with Gasteiger partial charge in [-0.3, -0.25) is 18.9 Å². The van der Waals surface area contributed by atoms with Crippen molar-refractivity contribution < 1.29 is 32.2 Å². The maximum atomic E-state index is 12.5. The summed E-state index contributed by atoms with van der Waals surface area (Å²) in [5, 5.41) is 7.23. The van der Waals surface area contributed by atoms with Crippen LogP contribution in [0.4, 0.5) is 5.13 Å². The molecule has 0 saturated carbocycles. The van der Waals surface area contributed by atoms with Gasteiger partial charge in [-0.2, -0.15) is 8.42 Å². The number of rotatable bonds is 7. The molecule has 0 aliphatic carbocycles. The second-order valence-corrected chi connectivity index (χ2v) is 7.27. The van der Waals surface area contributed by atoms with Gasteiger partial charge in [0, 0.05) is 11.0 Å². The van der Waals surface area contributed by atoms with Crippen LogP contribution in [0.1, 0.15) is 5.69 Å². The van der Waals surface area contributed by atoms with E-state index in [2.05, 4.69) is 26.9 Å². The van der Waals surface area contributed by atoms with Crippen LogP contribution < -0.4 is 16.8 Å². The average Bonchev–Trinajstić information content (AvgIpc) is 2.98. The van der Waals surface area contributed by atoms with Crippen molar-refractivity contribution in [3.63, 3.8) is 0 Å². The van der Waals surface area contributed by atoms with Gasteiger partial charge in [0.1, 0.15) is 24.9 Å². The molecule has 1 aromatic rings. The number of carbonyl (C=O) groups excluding carboxylic acids is 3. The van der Waals surface area contributed by atoms with E-state index in [0.717, 1.165) is 18.4 Å². The quantitative estimate of drug-likeness (QED) is 0.0844. The van der Waals surface area contributed by atoms with Gasteiger partial charge in [0.2, 0.25) is 5.91 Å². The van der Waals surface area contributed by atoms with Crippen LogP contribution in [0.15, 0.2) is 22.7 Å². The van der Waals surface area contributed by atoms with E-state index in [0.29, 0.717) is 0 Å². The predicted molar refractivity (Wildman–Crippen MR) is 99.7 cm³/mol. The molecule has 2 atom stereocenters. The summed E-state index contributed by atoms with van der Waals surface area (Å²) in [4.78, 5) is 44.3. The molecule has 0 aromatic carbocycles. The maximum absolute atomic E-state index is 12.5. The topological polar surface area (TPSA) is 207 Å². The molecule has 1 aromatic heterocycles. The summed E-state index contributed by atoms with van der Waals surface area (Å²) in [5.41, 5.74) is 9.73. The number of nitrogen functional groups attached to an aromatic ring is 1. The van der Waals surface area contributed by atoms with Crippen LogP contribution >= 0.6 is 11.3 Å². The molecule has 6 N–H and O–H groups in total. The normalized spacial score (nSPS) is 19.3. The number of anilines is 1. The second-order valence-electron chi connectivity index (χ2n) is 5.09. The van der Waals surface area contributed by atoms with Gasteiger partial charge in [-0.1, -0.05) is 11.7 Å². The molecule has 1 aliphatic heterocycles. The standard InChI is InChI=1S/C12H14N6O7S2.Na.H/c1-4(9(13)19)8-7(11(21)18(8)27(22,23)24)16-10(20)6(17-25-2)5-3-26-12(14)15-5;;/h3,7-8H,1H2,2H3,(H2,13,19)(H2,14,15)(H,16,20)(H,22,23,24);;/b17-6-;;/t7-,8-;;/m0../s1. The van der Waals surface area contributed by atoms with Gasteiger partial charge in [0.05, 0.1) is 0 Å². The number of primary amides is 1. The number of aromatic nitrogens is 1. The SMILES string of the molecule is C=C(C(N)=O)[C@H]1[C@H](NC(=O)/C(=N\OC)c2csc(N)n2)C(=O)N1S(=O)(=O)O.[NaH]. The first kappa shape index (κ1) is 24.0. The minimum absolute atomic E-state index is 0. The van der Waals surface area contributed by atoms with Gasteiger partial charge in [-0.25, -0.2) is 9.29 Å². The third kappa shape index (κ3) is 4.68. The van der Waals surface area contributed by atoms with E-state index in [4.69, 9.17) is 16.0 Å². The number of hydrogen-bond acceptors (Lipinski definition) is 10. The first-order valence-corrected chi connectivity index (χ1v) is 9.19. The summed E-state index contributed by atoms with van der Waals surface area (Å²) in [7, 11) is -3.85. The third-order valence-electron chi connectivity index (χ3n) is 3.42.